The summed E-state index contributed by atoms with van der Waals surface area (Å²) in [6.45, 7) is 2.16. The lowest BCUT2D eigenvalue weighted by molar-refractivity contribution is -0.163. The first-order valence-corrected chi connectivity index (χ1v) is 11.5. The number of nitrogens with one attached hydrogen (secondary N) is 1. The molecular formula is C20H23BrN2O5S. The minimum absolute atomic E-state index is 0.184. The molecule has 0 bridgehead atoms. The number of carbonyl (C=O) groups is 3. The maximum atomic E-state index is 12.7. The smallest absolute Gasteiger partial charge is 0.333 e. The van der Waals surface area contributed by atoms with E-state index in [0.717, 1.165) is 18.4 Å². The van der Waals surface area contributed by atoms with E-state index in [2.05, 4.69) is 21.2 Å². The fraction of sp³-hybridized carbons (Fsp3) is 0.450. The standard InChI is InChI=1S/C20H23BrN2O5S/c1-2-3-9-27-20(26)17-13(10-21)12-29-19-16(18(25)23(17)19)22-15(24)11-28-14-7-5-4-6-8-14/h4-8,12,16-17,19H,2-3,9-11H2,1H3,(H,22,24)/t16?,17?,19-/m1/s1. The summed E-state index contributed by atoms with van der Waals surface area (Å²) in [4.78, 5) is 39.0. The molecule has 1 fully saturated rings. The Morgan fingerprint density at radius 3 is 2.72 bits per heavy atom. The molecule has 9 heteroatoms. The average molecular weight is 483 g/mol. The van der Waals surface area contributed by atoms with Gasteiger partial charge in [-0.3, -0.25) is 9.59 Å². The van der Waals surface area contributed by atoms with E-state index in [-0.39, 0.29) is 23.8 Å². The van der Waals surface area contributed by atoms with Crippen LogP contribution in [0.25, 0.3) is 0 Å². The van der Waals surface area contributed by atoms with Crippen molar-refractivity contribution in [3.63, 3.8) is 0 Å². The van der Waals surface area contributed by atoms with E-state index < -0.39 is 18.1 Å². The molecule has 0 aliphatic carbocycles. The molecule has 1 saturated heterocycles. The van der Waals surface area contributed by atoms with Crippen molar-refractivity contribution >= 4 is 45.5 Å². The molecule has 2 heterocycles. The van der Waals surface area contributed by atoms with Gasteiger partial charge in [0.05, 0.1) is 6.61 Å². The topological polar surface area (TPSA) is 84.9 Å². The first kappa shape index (κ1) is 21.7. The monoisotopic (exact) mass is 482 g/mol. The van der Waals surface area contributed by atoms with E-state index in [1.54, 1.807) is 12.1 Å². The molecule has 7 nitrogen and oxygen atoms in total. The summed E-state index contributed by atoms with van der Waals surface area (Å²) < 4.78 is 10.8. The van der Waals surface area contributed by atoms with E-state index in [0.29, 0.717) is 17.7 Å². The molecule has 1 aromatic rings. The van der Waals surface area contributed by atoms with Crippen molar-refractivity contribution in [2.75, 3.05) is 18.5 Å². The minimum Gasteiger partial charge on any atom is -0.484 e. The fourth-order valence-corrected chi connectivity index (χ4v) is 4.99. The van der Waals surface area contributed by atoms with Gasteiger partial charge >= 0.3 is 5.97 Å². The van der Waals surface area contributed by atoms with Crippen LogP contribution in [0.15, 0.2) is 41.3 Å². The maximum Gasteiger partial charge on any atom is 0.333 e. The van der Waals surface area contributed by atoms with E-state index in [1.165, 1.54) is 16.7 Å². The van der Waals surface area contributed by atoms with Crippen LogP contribution in [0, 0.1) is 0 Å². The second-order valence-corrected chi connectivity index (χ2v) is 8.22. The lowest BCUT2D eigenvalue weighted by atomic mass is 9.99. The lowest BCUT2D eigenvalue weighted by Gasteiger charge is -2.51. The second-order valence-electron chi connectivity index (χ2n) is 6.67. The number of ether oxygens (including phenoxy) is 2. The van der Waals surface area contributed by atoms with Gasteiger partial charge in [0.25, 0.3) is 5.91 Å². The highest BCUT2D eigenvalue weighted by molar-refractivity contribution is 9.09. The zero-order chi connectivity index (χ0) is 20.8. The van der Waals surface area contributed by atoms with Crippen LogP contribution in [0.2, 0.25) is 0 Å². The van der Waals surface area contributed by atoms with Crippen LogP contribution in [0.5, 0.6) is 5.75 Å². The quantitative estimate of drug-likeness (QED) is 0.252. The van der Waals surface area contributed by atoms with Gasteiger partial charge in [0.2, 0.25) is 5.91 Å². The number of hydrogen-bond acceptors (Lipinski definition) is 6. The number of esters is 1. The van der Waals surface area contributed by atoms with Gasteiger partial charge in [0.15, 0.2) is 12.6 Å². The highest BCUT2D eigenvalue weighted by atomic mass is 79.9. The largest absolute Gasteiger partial charge is 0.484 e. The van der Waals surface area contributed by atoms with Crippen LogP contribution in [-0.4, -0.2) is 58.7 Å². The summed E-state index contributed by atoms with van der Waals surface area (Å²) in [5.74, 6) is -0.527. The number of para-hydroxylation sites is 1. The number of amides is 2. The van der Waals surface area contributed by atoms with Gasteiger partial charge in [-0.15, -0.1) is 11.8 Å². The number of fused-ring (bicyclic) bond motifs is 1. The van der Waals surface area contributed by atoms with Crippen LogP contribution < -0.4 is 10.1 Å². The SMILES string of the molecule is CCCCOC(=O)C1C(CBr)=CS[C@@H]2C(NC(=O)COc3ccccc3)C(=O)N12. The molecule has 1 N–H and O–H groups in total. The van der Waals surface area contributed by atoms with E-state index >= 15 is 0 Å². The van der Waals surface area contributed by atoms with Crippen molar-refractivity contribution in [3.05, 3.63) is 41.3 Å². The Morgan fingerprint density at radius 2 is 2.03 bits per heavy atom. The fourth-order valence-electron chi connectivity index (χ4n) is 3.08. The van der Waals surface area contributed by atoms with Crippen LogP contribution >= 0.6 is 27.7 Å². The Morgan fingerprint density at radius 1 is 1.28 bits per heavy atom. The Balaban J connectivity index is 1.59. The number of hydrogen-bond donors (Lipinski definition) is 1. The molecule has 3 rings (SSSR count). The van der Waals surface area contributed by atoms with Crippen molar-refractivity contribution < 1.29 is 23.9 Å². The number of rotatable bonds is 9. The lowest BCUT2D eigenvalue weighted by Crippen LogP contribution is -2.74. The normalized spacial score (nSPS) is 22.8. The van der Waals surface area contributed by atoms with Crippen molar-refractivity contribution in [2.24, 2.45) is 0 Å². The summed E-state index contributed by atoms with van der Waals surface area (Å²) in [5.41, 5.74) is 0.776. The Kier molecular flexibility index (Phi) is 7.60. The third-order valence-corrected chi connectivity index (χ3v) is 6.48. The number of thioether (sulfide) groups is 1. The number of carbonyl (C=O) groups excluding carboxylic acids is 3. The third-order valence-electron chi connectivity index (χ3n) is 4.62. The molecular weight excluding hydrogens is 460 g/mol. The number of alkyl halides is 1. The highest BCUT2D eigenvalue weighted by Gasteiger charge is 2.56. The van der Waals surface area contributed by atoms with Crippen LogP contribution in [0.4, 0.5) is 0 Å². The van der Waals surface area contributed by atoms with Gasteiger partial charge in [-0.1, -0.05) is 47.5 Å². The zero-order valence-corrected chi connectivity index (χ0v) is 18.4. The third kappa shape index (κ3) is 4.95. The van der Waals surface area contributed by atoms with Crippen LogP contribution in [0.1, 0.15) is 19.8 Å². The van der Waals surface area contributed by atoms with Gasteiger partial charge in [-0.2, -0.15) is 0 Å². The Labute approximate surface area is 182 Å². The summed E-state index contributed by atoms with van der Waals surface area (Å²) in [6.07, 6.45) is 1.69. The van der Waals surface area contributed by atoms with Crippen molar-refractivity contribution in [2.45, 2.75) is 37.2 Å². The highest BCUT2D eigenvalue weighted by Crippen LogP contribution is 2.40. The number of β-lactam (4-membered cyclic amide) rings is 1. The molecule has 0 aromatic heterocycles. The van der Waals surface area contributed by atoms with E-state index in [1.807, 2.05) is 30.5 Å². The minimum atomic E-state index is -0.751. The predicted octanol–water partition coefficient (Wildman–Crippen LogP) is 2.46. The molecule has 1 aromatic carbocycles. The number of nitrogens with zero attached hydrogens (tertiary/aromatic N) is 1. The predicted molar refractivity (Wildman–Crippen MR) is 114 cm³/mol. The summed E-state index contributed by atoms with van der Waals surface area (Å²) >= 11 is 4.79. The van der Waals surface area contributed by atoms with Gasteiger partial charge in [-0.05, 0) is 29.5 Å². The number of halogens is 1. The van der Waals surface area contributed by atoms with Crippen molar-refractivity contribution in [3.8, 4) is 5.75 Å². The van der Waals surface area contributed by atoms with E-state index in [9.17, 15) is 14.4 Å². The summed E-state index contributed by atoms with van der Waals surface area (Å²) in [5, 5.41) is 4.71. The van der Waals surface area contributed by atoms with E-state index in [4.69, 9.17) is 9.47 Å². The molecule has 29 heavy (non-hydrogen) atoms. The van der Waals surface area contributed by atoms with Gasteiger partial charge in [-0.25, -0.2) is 4.79 Å². The average Bonchev–Trinajstić information content (AvgIpc) is 2.75. The molecule has 3 atom stereocenters. The second kappa shape index (κ2) is 10.2. The molecule has 0 saturated carbocycles. The van der Waals surface area contributed by atoms with Crippen molar-refractivity contribution in [1.29, 1.82) is 0 Å². The molecule has 2 amide bonds. The van der Waals surface area contributed by atoms with Crippen LogP contribution in [0.3, 0.4) is 0 Å². The first-order chi connectivity index (χ1) is 14.1. The van der Waals surface area contributed by atoms with Crippen LogP contribution in [-0.2, 0) is 19.1 Å². The van der Waals surface area contributed by atoms with Gasteiger partial charge in [0, 0.05) is 5.33 Å². The van der Waals surface area contributed by atoms with Crippen molar-refractivity contribution in [1.82, 2.24) is 10.2 Å². The zero-order valence-electron chi connectivity index (χ0n) is 16.0. The Hall–Kier alpha value is -2.00. The molecule has 2 aliphatic rings. The van der Waals surface area contributed by atoms with Gasteiger partial charge in [0.1, 0.15) is 17.2 Å². The maximum absolute atomic E-state index is 12.7. The molecule has 2 aliphatic heterocycles. The molecule has 2 unspecified atom stereocenters. The summed E-state index contributed by atoms with van der Waals surface area (Å²) in [6, 6.07) is 7.54. The molecule has 0 radical (unpaired) electrons. The number of unbranched alkanes of at least 4 members (excludes halogenated alkanes) is 1. The number of benzene rings is 1. The Bertz CT molecular complexity index is 788. The summed E-state index contributed by atoms with van der Waals surface area (Å²) in [7, 11) is 0. The molecule has 0 spiro atoms. The first-order valence-electron chi connectivity index (χ1n) is 9.43. The van der Waals surface area contributed by atoms with Gasteiger partial charge < -0.3 is 19.7 Å². The molecule has 156 valence electrons.